The minimum atomic E-state index is -0.389. The fourth-order valence-corrected chi connectivity index (χ4v) is 4.36. The largest absolute Gasteiger partial charge is 0.352 e. The number of benzene rings is 1. The third-order valence-electron chi connectivity index (χ3n) is 5.90. The summed E-state index contributed by atoms with van der Waals surface area (Å²) in [6.45, 7) is 2.93. The number of aromatic nitrogens is 1. The van der Waals surface area contributed by atoms with Crippen LogP contribution in [0.5, 0.6) is 0 Å². The Kier molecular flexibility index (Phi) is 6.26. The molecule has 7 heteroatoms. The van der Waals surface area contributed by atoms with Crippen molar-refractivity contribution >= 4 is 17.6 Å². The van der Waals surface area contributed by atoms with Crippen molar-refractivity contribution in [1.82, 2.24) is 14.8 Å². The van der Waals surface area contributed by atoms with Gasteiger partial charge in [-0.2, -0.15) is 0 Å². The molecule has 2 aliphatic rings. The number of anilines is 1. The molecule has 6 nitrogen and oxygen atoms in total. The lowest BCUT2D eigenvalue weighted by Gasteiger charge is -2.30. The van der Waals surface area contributed by atoms with Crippen molar-refractivity contribution < 1.29 is 14.0 Å². The summed E-state index contributed by atoms with van der Waals surface area (Å²) in [5, 5.41) is 0. The number of likely N-dealkylation sites (tertiary alicyclic amines) is 1. The van der Waals surface area contributed by atoms with E-state index in [1.54, 1.807) is 17.2 Å². The van der Waals surface area contributed by atoms with Gasteiger partial charge in [0.05, 0.1) is 6.42 Å². The quantitative estimate of drug-likeness (QED) is 0.777. The lowest BCUT2D eigenvalue weighted by molar-refractivity contribution is -0.143. The smallest absolute Gasteiger partial charge is 0.245 e. The number of nitrogens with zero attached hydrogens (tertiary/aromatic N) is 4. The van der Waals surface area contributed by atoms with Gasteiger partial charge in [0.25, 0.3) is 0 Å². The fourth-order valence-electron chi connectivity index (χ4n) is 4.36. The molecule has 1 atom stereocenters. The molecule has 3 heterocycles. The zero-order valence-electron chi connectivity index (χ0n) is 17.0. The molecule has 30 heavy (non-hydrogen) atoms. The van der Waals surface area contributed by atoms with Crippen LogP contribution < -0.4 is 4.90 Å². The van der Waals surface area contributed by atoms with Crippen LogP contribution in [0.15, 0.2) is 48.7 Å². The molecule has 1 aromatic carbocycles. The summed E-state index contributed by atoms with van der Waals surface area (Å²) >= 11 is 0. The van der Waals surface area contributed by atoms with Crippen molar-refractivity contribution in [2.75, 3.05) is 37.6 Å². The molecule has 2 saturated heterocycles. The van der Waals surface area contributed by atoms with Crippen LogP contribution in [0, 0.1) is 5.82 Å². The summed E-state index contributed by atoms with van der Waals surface area (Å²) < 4.78 is 14.1. The van der Waals surface area contributed by atoms with E-state index >= 15 is 0 Å². The Hall–Kier alpha value is -2.96. The van der Waals surface area contributed by atoms with Gasteiger partial charge in [0.15, 0.2) is 11.6 Å². The molecule has 0 spiro atoms. The van der Waals surface area contributed by atoms with E-state index in [1.807, 2.05) is 40.1 Å². The maximum atomic E-state index is 14.1. The molecule has 1 unspecified atom stereocenters. The molecular weight excluding hydrogens is 383 g/mol. The second-order valence-electron chi connectivity index (χ2n) is 7.88. The Labute approximate surface area is 176 Å². The summed E-state index contributed by atoms with van der Waals surface area (Å²) in [7, 11) is 0. The van der Waals surface area contributed by atoms with E-state index in [4.69, 9.17) is 0 Å². The summed E-state index contributed by atoms with van der Waals surface area (Å²) in [5.74, 6) is 0.0133. The third-order valence-corrected chi connectivity index (χ3v) is 5.90. The standard InChI is InChI=1S/C23H27FN4O2/c24-19-9-4-11-25-22(19)26-12-6-13-27(16-15-26)23(30)20-10-5-14-28(20)21(29)17-18-7-2-1-3-8-18/h1-4,7-9,11,20H,5-6,10,12-17H2. The summed E-state index contributed by atoms with van der Waals surface area (Å²) in [4.78, 5) is 35.7. The first-order valence-corrected chi connectivity index (χ1v) is 10.6. The second kappa shape index (κ2) is 9.24. The molecular formula is C23H27FN4O2. The molecule has 0 N–H and O–H groups in total. The van der Waals surface area contributed by atoms with Gasteiger partial charge in [-0.05, 0) is 37.0 Å². The number of carbonyl (C=O) groups is 2. The van der Waals surface area contributed by atoms with E-state index in [0.717, 1.165) is 18.4 Å². The van der Waals surface area contributed by atoms with Crippen LogP contribution in [-0.4, -0.2) is 65.4 Å². The molecule has 0 radical (unpaired) electrons. The molecule has 4 rings (SSSR count). The Bertz CT molecular complexity index is 892. The highest BCUT2D eigenvalue weighted by molar-refractivity contribution is 5.89. The normalized spacial score (nSPS) is 19.6. The van der Waals surface area contributed by atoms with Crippen molar-refractivity contribution in [3.05, 3.63) is 60.0 Å². The highest BCUT2D eigenvalue weighted by atomic mass is 19.1. The van der Waals surface area contributed by atoms with Gasteiger partial charge in [-0.1, -0.05) is 30.3 Å². The maximum Gasteiger partial charge on any atom is 0.245 e. The molecule has 0 saturated carbocycles. The van der Waals surface area contributed by atoms with E-state index in [0.29, 0.717) is 51.4 Å². The minimum absolute atomic E-state index is 0.00375. The van der Waals surface area contributed by atoms with Gasteiger partial charge in [0, 0.05) is 38.9 Å². The van der Waals surface area contributed by atoms with E-state index in [2.05, 4.69) is 4.98 Å². The zero-order valence-corrected chi connectivity index (χ0v) is 17.0. The Morgan fingerprint density at radius 3 is 2.60 bits per heavy atom. The van der Waals surface area contributed by atoms with Crippen molar-refractivity contribution in [2.24, 2.45) is 0 Å². The molecule has 2 aliphatic heterocycles. The first-order valence-electron chi connectivity index (χ1n) is 10.6. The molecule has 0 aliphatic carbocycles. The average molecular weight is 410 g/mol. The number of carbonyl (C=O) groups excluding carboxylic acids is 2. The number of pyridine rings is 1. The molecule has 0 bridgehead atoms. The van der Waals surface area contributed by atoms with E-state index in [-0.39, 0.29) is 23.7 Å². The highest BCUT2D eigenvalue weighted by Crippen LogP contribution is 2.23. The first kappa shape index (κ1) is 20.3. The van der Waals surface area contributed by atoms with Crippen LogP contribution in [0.4, 0.5) is 10.2 Å². The predicted molar refractivity (Wildman–Crippen MR) is 112 cm³/mol. The number of hydrogen-bond donors (Lipinski definition) is 0. The van der Waals surface area contributed by atoms with Crippen LogP contribution in [0.2, 0.25) is 0 Å². The second-order valence-corrected chi connectivity index (χ2v) is 7.88. The molecule has 2 aromatic rings. The molecule has 158 valence electrons. The highest BCUT2D eigenvalue weighted by Gasteiger charge is 2.36. The van der Waals surface area contributed by atoms with E-state index < -0.39 is 0 Å². The molecule has 2 fully saturated rings. The van der Waals surface area contributed by atoms with Crippen LogP contribution in [0.1, 0.15) is 24.8 Å². The van der Waals surface area contributed by atoms with Crippen LogP contribution in [-0.2, 0) is 16.0 Å². The summed E-state index contributed by atoms with van der Waals surface area (Å²) in [5.41, 5.74) is 0.961. The predicted octanol–water partition coefficient (Wildman–Crippen LogP) is 2.49. The first-order chi connectivity index (χ1) is 14.6. The zero-order chi connectivity index (χ0) is 20.9. The number of rotatable bonds is 4. The Morgan fingerprint density at radius 2 is 1.80 bits per heavy atom. The van der Waals surface area contributed by atoms with Gasteiger partial charge in [0.1, 0.15) is 6.04 Å². The van der Waals surface area contributed by atoms with Gasteiger partial charge in [-0.25, -0.2) is 9.37 Å². The average Bonchev–Trinajstić information content (AvgIpc) is 3.13. The van der Waals surface area contributed by atoms with Crippen LogP contribution >= 0.6 is 0 Å². The molecule has 2 amide bonds. The van der Waals surface area contributed by atoms with Gasteiger partial charge < -0.3 is 14.7 Å². The number of hydrogen-bond acceptors (Lipinski definition) is 4. The third kappa shape index (κ3) is 4.45. The fraction of sp³-hybridized carbons (Fsp3) is 0.435. The van der Waals surface area contributed by atoms with E-state index in [9.17, 15) is 14.0 Å². The maximum absolute atomic E-state index is 14.1. The lowest BCUT2D eigenvalue weighted by Crippen LogP contribution is -2.49. The minimum Gasteiger partial charge on any atom is -0.352 e. The lowest BCUT2D eigenvalue weighted by atomic mass is 10.1. The van der Waals surface area contributed by atoms with Crippen molar-refractivity contribution in [3.63, 3.8) is 0 Å². The van der Waals surface area contributed by atoms with Crippen LogP contribution in [0.25, 0.3) is 0 Å². The van der Waals surface area contributed by atoms with Gasteiger partial charge in [0.2, 0.25) is 11.8 Å². The number of halogens is 1. The SMILES string of the molecule is O=C(C1CCCN1C(=O)Cc1ccccc1)N1CCCN(c2ncccc2F)CC1. The number of amides is 2. The van der Waals surface area contributed by atoms with E-state index in [1.165, 1.54) is 6.07 Å². The Morgan fingerprint density at radius 1 is 0.967 bits per heavy atom. The van der Waals surface area contributed by atoms with Crippen molar-refractivity contribution in [1.29, 1.82) is 0 Å². The topological polar surface area (TPSA) is 56.8 Å². The summed E-state index contributed by atoms with van der Waals surface area (Å²) in [6.07, 6.45) is 4.19. The summed E-state index contributed by atoms with van der Waals surface area (Å²) in [6, 6.07) is 12.2. The van der Waals surface area contributed by atoms with Crippen molar-refractivity contribution in [2.45, 2.75) is 31.7 Å². The van der Waals surface area contributed by atoms with Gasteiger partial charge >= 0.3 is 0 Å². The molecule has 1 aromatic heterocycles. The van der Waals surface area contributed by atoms with Gasteiger partial charge in [-0.3, -0.25) is 9.59 Å². The Balaban J connectivity index is 1.39. The van der Waals surface area contributed by atoms with Crippen LogP contribution in [0.3, 0.4) is 0 Å². The monoisotopic (exact) mass is 410 g/mol. The van der Waals surface area contributed by atoms with Crippen molar-refractivity contribution in [3.8, 4) is 0 Å². The van der Waals surface area contributed by atoms with Gasteiger partial charge in [-0.15, -0.1) is 0 Å².